The highest BCUT2D eigenvalue weighted by molar-refractivity contribution is 5.50. The highest BCUT2D eigenvalue weighted by Gasteiger charge is 2.37. The highest BCUT2D eigenvalue weighted by Crippen LogP contribution is 2.34. The zero-order valence-electron chi connectivity index (χ0n) is 13.2. The summed E-state index contributed by atoms with van der Waals surface area (Å²) < 4.78 is 5.85. The lowest BCUT2D eigenvalue weighted by Crippen LogP contribution is -2.21. The number of hydrogen-bond acceptors (Lipinski definition) is 3. The van der Waals surface area contributed by atoms with Gasteiger partial charge in [0.05, 0.1) is 6.20 Å². The minimum Gasteiger partial charge on any atom is -0.487 e. The number of ether oxygens (including phenoxy) is 1. The van der Waals surface area contributed by atoms with Crippen molar-refractivity contribution in [3.05, 3.63) is 66.0 Å². The van der Waals surface area contributed by atoms with E-state index < -0.39 is 0 Å². The number of rotatable bonds is 5. The van der Waals surface area contributed by atoms with Crippen LogP contribution < -0.4 is 10.1 Å². The predicted molar refractivity (Wildman–Crippen MR) is 92.1 cm³/mol. The van der Waals surface area contributed by atoms with Gasteiger partial charge in [-0.15, -0.1) is 0 Å². The fourth-order valence-corrected chi connectivity index (χ4v) is 3.66. The molecule has 1 aromatic heterocycles. The lowest BCUT2D eigenvalue weighted by atomic mass is 9.89. The normalized spacial score (nSPS) is 26.0. The van der Waals surface area contributed by atoms with Crippen LogP contribution >= 0.6 is 0 Å². The van der Waals surface area contributed by atoms with Crippen molar-refractivity contribution in [1.29, 1.82) is 0 Å². The first-order valence-electron chi connectivity index (χ1n) is 8.43. The van der Waals surface area contributed by atoms with E-state index in [1.54, 1.807) is 6.20 Å². The molecule has 2 fully saturated rings. The van der Waals surface area contributed by atoms with Crippen LogP contribution in [0.5, 0.6) is 5.75 Å². The molecule has 3 heteroatoms. The lowest BCUT2D eigenvalue weighted by molar-refractivity contribution is 0.305. The van der Waals surface area contributed by atoms with Crippen molar-refractivity contribution in [3.63, 3.8) is 0 Å². The molecule has 0 spiro atoms. The maximum Gasteiger partial charge on any atom is 0.138 e. The summed E-state index contributed by atoms with van der Waals surface area (Å²) in [6, 6.07) is 13.7. The molecule has 23 heavy (non-hydrogen) atoms. The van der Waals surface area contributed by atoms with E-state index in [0.29, 0.717) is 18.6 Å². The Morgan fingerprint density at radius 2 is 2.09 bits per heavy atom. The molecule has 0 aliphatic carbocycles. The van der Waals surface area contributed by atoms with E-state index in [1.807, 2.05) is 24.4 Å². The fourth-order valence-electron chi connectivity index (χ4n) is 3.66. The molecule has 3 unspecified atom stereocenters. The van der Waals surface area contributed by atoms with Gasteiger partial charge in [-0.3, -0.25) is 4.98 Å². The second kappa shape index (κ2) is 6.55. The first kappa shape index (κ1) is 14.5. The Kier molecular flexibility index (Phi) is 4.12. The smallest absolute Gasteiger partial charge is 0.138 e. The summed E-state index contributed by atoms with van der Waals surface area (Å²) in [6.07, 6.45) is 12.1. The molecule has 1 N–H and O–H groups in total. The number of aromatic nitrogens is 1. The summed E-state index contributed by atoms with van der Waals surface area (Å²) in [5.74, 6) is 1.49. The fraction of sp³-hybridized carbons (Fsp3) is 0.350. The number of hydrogen-bond donors (Lipinski definition) is 1. The summed E-state index contributed by atoms with van der Waals surface area (Å²) in [5, 5.41) is 3.67. The largest absolute Gasteiger partial charge is 0.487 e. The maximum absolute atomic E-state index is 5.85. The van der Waals surface area contributed by atoms with Crippen molar-refractivity contribution in [3.8, 4) is 5.75 Å². The maximum atomic E-state index is 5.85. The van der Waals surface area contributed by atoms with Gasteiger partial charge in [-0.2, -0.15) is 0 Å². The molecule has 3 nitrogen and oxygen atoms in total. The van der Waals surface area contributed by atoms with E-state index in [0.717, 1.165) is 17.4 Å². The monoisotopic (exact) mass is 306 g/mol. The van der Waals surface area contributed by atoms with Gasteiger partial charge in [0.15, 0.2) is 0 Å². The summed E-state index contributed by atoms with van der Waals surface area (Å²) >= 11 is 0. The molecular formula is C20H22N2O. The number of fused-ring (bicyclic) bond motifs is 2. The van der Waals surface area contributed by atoms with Crippen LogP contribution in [0.2, 0.25) is 0 Å². The zero-order valence-corrected chi connectivity index (χ0v) is 13.2. The van der Waals surface area contributed by atoms with Crippen molar-refractivity contribution < 1.29 is 4.74 Å². The van der Waals surface area contributed by atoms with Crippen molar-refractivity contribution in [2.24, 2.45) is 5.92 Å². The zero-order chi connectivity index (χ0) is 15.5. The average molecular weight is 306 g/mol. The quantitative estimate of drug-likeness (QED) is 0.912. The van der Waals surface area contributed by atoms with E-state index in [1.165, 1.54) is 24.8 Å². The van der Waals surface area contributed by atoms with Gasteiger partial charge in [-0.1, -0.05) is 42.5 Å². The second-order valence-electron chi connectivity index (χ2n) is 6.53. The SMILES string of the molecule is C(=CC1CC2CCC1N2)c1cncc(OCc2ccccc2)c1. The molecule has 2 aliphatic rings. The standard InChI is InChI=1S/C20H22N2O/c1-2-4-15(5-3-1)14-23-19-10-16(12-21-13-19)6-7-17-11-18-8-9-20(17)22-18/h1-7,10,12-13,17-18,20,22H,8-9,11,14H2. The number of nitrogens with zero attached hydrogens (tertiary/aromatic N) is 1. The third kappa shape index (κ3) is 3.45. The number of pyridine rings is 1. The van der Waals surface area contributed by atoms with Crippen LogP contribution in [0.15, 0.2) is 54.9 Å². The van der Waals surface area contributed by atoms with E-state index in [4.69, 9.17) is 4.74 Å². The van der Waals surface area contributed by atoms with Gasteiger partial charge in [-0.05, 0) is 42.4 Å². The summed E-state index contributed by atoms with van der Waals surface area (Å²) in [6.45, 7) is 0.575. The molecule has 0 saturated carbocycles. The first-order chi connectivity index (χ1) is 11.4. The van der Waals surface area contributed by atoms with Gasteiger partial charge < -0.3 is 10.1 Å². The minimum atomic E-state index is 0.575. The van der Waals surface area contributed by atoms with E-state index in [9.17, 15) is 0 Å². The third-order valence-corrected chi connectivity index (χ3v) is 4.87. The molecule has 2 aromatic rings. The Morgan fingerprint density at radius 3 is 2.87 bits per heavy atom. The Balaban J connectivity index is 1.38. The Hall–Kier alpha value is -2.13. The molecule has 4 rings (SSSR count). The van der Waals surface area contributed by atoms with Crippen LogP contribution in [0.25, 0.3) is 6.08 Å². The van der Waals surface area contributed by atoms with Crippen LogP contribution in [0, 0.1) is 5.92 Å². The molecule has 0 amide bonds. The highest BCUT2D eigenvalue weighted by atomic mass is 16.5. The Morgan fingerprint density at radius 1 is 1.17 bits per heavy atom. The Bertz CT molecular complexity index is 683. The number of nitrogens with one attached hydrogen (secondary N) is 1. The van der Waals surface area contributed by atoms with E-state index >= 15 is 0 Å². The van der Waals surface area contributed by atoms with Crippen molar-refractivity contribution >= 4 is 6.08 Å². The molecule has 3 atom stereocenters. The van der Waals surface area contributed by atoms with Crippen molar-refractivity contribution in [2.75, 3.05) is 0 Å². The third-order valence-electron chi connectivity index (χ3n) is 4.87. The van der Waals surface area contributed by atoms with Crippen LogP contribution in [-0.2, 0) is 6.61 Å². The summed E-state index contributed by atoms with van der Waals surface area (Å²) in [7, 11) is 0. The van der Waals surface area contributed by atoms with Crippen LogP contribution in [0.3, 0.4) is 0 Å². The van der Waals surface area contributed by atoms with Gasteiger partial charge in [-0.25, -0.2) is 0 Å². The van der Waals surface area contributed by atoms with Crippen molar-refractivity contribution in [2.45, 2.75) is 38.0 Å². The van der Waals surface area contributed by atoms with Crippen LogP contribution in [-0.4, -0.2) is 17.1 Å². The molecule has 2 aliphatic heterocycles. The lowest BCUT2D eigenvalue weighted by Gasteiger charge is -2.15. The first-order valence-corrected chi connectivity index (χ1v) is 8.43. The summed E-state index contributed by atoms with van der Waals surface area (Å²) in [5.41, 5.74) is 2.28. The number of benzene rings is 1. The van der Waals surface area contributed by atoms with E-state index in [2.05, 4.69) is 40.7 Å². The Labute approximate surface area is 137 Å². The molecule has 2 saturated heterocycles. The molecule has 118 valence electrons. The summed E-state index contributed by atoms with van der Waals surface area (Å²) in [4.78, 5) is 4.30. The van der Waals surface area contributed by atoms with Gasteiger partial charge >= 0.3 is 0 Å². The van der Waals surface area contributed by atoms with Gasteiger partial charge in [0, 0.05) is 18.3 Å². The predicted octanol–water partition coefficient (Wildman–Crippen LogP) is 3.81. The second-order valence-corrected chi connectivity index (χ2v) is 6.53. The van der Waals surface area contributed by atoms with Gasteiger partial charge in [0.2, 0.25) is 0 Å². The average Bonchev–Trinajstić information content (AvgIpc) is 3.23. The van der Waals surface area contributed by atoms with Crippen LogP contribution in [0.4, 0.5) is 0 Å². The topological polar surface area (TPSA) is 34.2 Å². The van der Waals surface area contributed by atoms with Gasteiger partial charge in [0.1, 0.15) is 12.4 Å². The molecule has 3 heterocycles. The van der Waals surface area contributed by atoms with E-state index in [-0.39, 0.29) is 0 Å². The van der Waals surface area contributed by atoms with Crippen LogP contribution in [0.1, 0.15) is 30.4 Å². The molecule has 2 bridgehead atoms. The van der Waals surface area contributed by atoms with Gasteiger partial charge in [0.25, 0.3) is 0 Å². The molecule has 0 radical (unpaired) electrons. The van der Waals surface area contributed by atoms with Crippen molar-refractivity contribution in [1.82, 2.24) is 10.3 Å². The minimum absolute atomic E-state index is 0.575. The molecule has 1 aromatic carbocycles. The molecular weight excluding hydrogens is 284 g/mol.